The van der Waals surface area contributed by atoms with E-state index in [9.17, 15) is 0 Å². The van der Waals surface area contributed by atoms with Crippen molar-refractivity contribution in [3.63, 3.8) is 0 Å². The van der Waals surface area contributed by atoms with E-state index in [1.165, 1.54) is 5.56 Å². The third-order valence-corrected chi connectivity index (χ3v) is 7.07. The minimum Gasteiger partial charge on any atom is -0.493 e. The minimum absolute atomic E-state index is 0.0474. The molecular formula is C22H24BrNO6. The van der Waals surface area contributed by atoms with Gasteiger partial charge in [0, 0.05) is 17.7 Å². The fourth-order valence-corrected chi connectivity index (χ4v) is 5.57. The molecular weight excluding hydrogens is 454 g/mol. The number of hydrogen-bond acceptors (Lipinski definition) is 7. The number of benzene rings is 2. The molecule has 0 fully saturated rings. The predicted molar refractivity (Wildman–Crippen MR) is 113 cm³/mol. The molecule has 3 aliphatic rings. The van der Waals surface area contributed by atoms with Crippen molar-refractivity contribution in [3.8, 4) is 28.7 Å². The van der Waals surface area contributed by atoms with Gasteiger partial charge in [0.15, 0.2) is 23.0 Å². The second kappa shape index (κ2) is 7.51. The van der Waals surface area contributed by atoms with Crippen LogP contribution < -0.4 is 23.7 Å². The summed E-state index contributed by atoms with van der Waals surface area (Å²) in [6, 6.07) is 3.97. The van der Waals surface area contributed by atoms with Crippen LogP contribution in [0.2, 0.25) is 0 Å². The summed E-state index contributed by atoms with van der Waals surface area (Å²) in [6.45, 7) is 1.54. The number of nitrogens with zero attached hydrogens (tertiary/aromatic N) is 1. The lowest BCUT2D eigenvalue weighted by Crippen LogP contribution is -2.36. The van der Waals surface area contributed by atoms with E-state index in [1.54, 1.807) is 21.3 Å². The lowest BCUT2D eigenvalue weighted by molar-refractivity contribution is -0.00488. The van der Waals surface area contributed by atoms with Crippen LogP contribution in [-0.2, 0) is 17.8 Å². The molecule has 0 radical (unpaired) electrons. The Hall–Kier alpha value is -2.16. The van der Waals surface area contributed by atoms with Gasteiger partial charge in [-0.3, -0.25) is 4.90 Å². The van der Waals surface area contributed by atoms with E-state index in [1.807, 2.05) is 6.07 Å². The molecule has 0 saturated carbocycles. The molecule has 0 saturated heterocycles. The van der Waals surface area contributed by atoms with E-state index >= 15 is 0 Å². The second-order valence-electron chi connectivity index (χ2n) is 7.58. The molecule has 2 atom stereocenters. The molecule has 160 valence electrons. The first-order valence-corrected chi connectivity index (χ1v) is 10.6. The van der Waals surface area contributed by atoms with Crippen LogP contribution in [0.1, 0.15) is 34.4 Å². The largest absolute Gasteiger partial charge is 0.493 e. The van der Waals surface area contributed by atoms with Crippen LogP contribution in [0.4, 0.5) is 0 Å². The van der Waals surface area contributed by atoms with Crippen molar-refractivity contribution in [2.24, 2.45) is 0 Å². The standard InChI is InChI=1S/C22H24BrNO6/c1-24-8-7-12-15(20(27-4)22-21(16(12)23)29-10-30-22)17(24)19-11-5-6-14(25-2)18(26-3)13(11)9-28-19/h5-6,17,19H,7-10H2,1-4H3/t17?,19-/m0/s1. The van der Waals surface area contributed by atoms with E-state index < -0.39 is 0 Å². The van der Waals surface area contributed by atoms with Crippen molar-refractivity contribution in [2.75, 3.05) is 41.7 Å². The highest BCUT2D eigenvalue weighted by Crippen LogP contribution is 2.57. The number of ether oxygens (including phenoxy) is 6. The maximum Gasteiger partial charge on any atom is 0.231 e. The molecule has 8 heteroatoms. The van der Waals surface area contributed by atoms with Crippen LogP contribution >= 0.6 is 15.9 Å². The lowest BCUT2D eigenvalue weighted by atomic mass is 9.85. The Morgan fingerprint density at radius 2 is 1.77 bits per heavy atom. The topological polar surface area (TPSA) is 58.6 Å². The van der Waals surface area contributed by atoms with Gasteiger partial charge in [-0.25, -0.2) is 0 Å². The van der Waals surface area contributed by atoms with Crippen LogP contribution in [0.3, 0.4) is 0 Å². The summed E-state index contributed by atoms with van der Waals surface area (Å²) >= 11 is 3.75. The first-order chi connectivity index (χ1) is 14.6. The van der Waals surface area contributed by atoms with Crippen LogP contribution in [-0.4, -0.2) is 46.6 Å². The van der Waals surface area contributed by atoms with Gasteiger partial charge in [0.1, 0.15) is 6.10 Å². The summed E-state index contributed by atoms with van der Waals surface area (Å²) in [4.78, 5) is 2.32. The predicted octanol–water partition coefficient (Wildman–Crippen LogP) is 4.00. The molecule has 5 rings (SSSR count). The third-order valence-electron chi connectivity index (χ3n) is 6.23. The molecule has 30 heavy (non-hydrogen) atoms. The zero-order valence-electron chi connectivity index (χ0n) is 17.4. The SMILES string of the molecule is COc1ccc2c(c1OC)CO[C@@H]2C1c2c(c(Br)c3c(c2OC)OCO3)CCN1C. The van der Waals surface area contributed by atoms with Crippen molar-refractivity contribution in [2.45, 2.75) is 25.2 Å². The molecule has 0 N–H and O–H groups in total. The summed E-state index contributed by atoms with van der Waals surface area (Å²) < 4.78 is 35.8. The first kappa shape index (κ1) is 19.8. The third kappa shape index (κ3) is 2.70. The van der Waals surface area contributed by atoms with Crippen LogP contribution in [0.5, 0.6) is 28.7 Å². The number of rotatable bonds is 4. The van der Waals surface area contributed by atoms with Crippen molar-refractivity contribution in [1.82, 2.24) is 4.90 Å². The van der Waals surface area contributed by atoms with Gasteiger partial charge in [0.25, 0.3) is 0 Å². The fraction of sp³-hybridized carbons (Fsp3) is 0.455. The molecule has 1 unspecified atom stereocenters. The Morgan fingerprint density at radius 1 is 1.00 bits per heavy atom. The van der Waals surface area contributed by atoms with Crippen LogP contribution in [0.25, 0.3) is 0 Å². The smallest absolute Gasteiger partial charge is 0.231 e. The van der Waals surface area contributed by atoms with E-state index in [0.717, 1.165) is 45.6 Å². The minimum atomic E-state index is -0.176. The van der Waals surface area contributed by atoms with E-state index in [0.29, 0.717) is 23.9 Å². The number of fused-ring (bicyclic) bond motifs is 3. The molecule has 0 bridgehead atoms. The number of hydrogen-bond donors (Lipinski definition) is 0. The second-order valence-corrected chi connectivity index (χ2v) is 8.37. The molecule has 0 aromatic heterocycles. The maximum absolute atomic E-state index is 6.37. The molecule has 7 nitrogen and oxygen atoms in total. The van der Waals surface area contributed by atoms with Gasteiger partial charge in [-0.2, -0.15) is 0 Å². The van der Waals surface area contributed by atoms with Gasteiger partial charge in [-0.05, 0) is 46.6 Å². The van der Waals surface area contributed by atoms with Crippen molar-refractivity contribution in [3.05, 3.63) is 38.9 Å². The van der Waals surface area contributed by atoms with Crippen molar-refractivity contribution in [1.29, 1.82) is 0 Å². The number of methoxy groups -OCH3 is 3. The summed E-state index contributed by atoms with van der Waals surface area (Å²) in [5.74, 6) is 3.52. The van der Waals surface area contributed by atoms with E-state index in [4.69, 9.17) is 28.4 Å². The van der Waals surface area contributed by atoms with Crippen LogP contribution in [0, 0.1) is 0 Å². The summed E-state index contributed by atoms with van der Waals surface area (Å²) in [5.41, 5.74) is 4.39. The number of likely N-dealkylation sites (N-methyl/N-ethyl adjacent to an activating group) is 1. The average Bonchev–Trinajstić information content (AvgIpc) is 3.41. The molecule has 0 aliphatic carbocycles. The zero-order valence-corrected chi connectivity index (χ0v) is 19.0. The first-order valence-electron chi connectivity index (χ1n) is 9.84. The summed E-state index contributed by atoms with van der Waals surface area (Å²) in [5, 5.41) is 0. The summed E-state index contributed by atoms with van der Waals surface area (Å²) in [6.07, 6.45) is 0.701. The highest BCUT2D eigenvalue weighted by molar-refractivity contribution is 9.10. The van der Waals surface area contributed by atoms with E-state index in [2.05, 4.69) is 33.9 Å². The molecule has 2 aromatic carbocycles. The van der Waals surface area contributed by atoms with Gasteiger partial charge in [0.05, 0.1) is 38.5 Å². The van der Waals surface area contributed by atoms with Gasteiger partial charge >= 0.3 is 0 Å². The molecule has 2 aromatic rings. The average molecular weight is 478 g/mol. The normalized spacial score (nSPS) is 21.9. The maximum atomic E-state index is 6.37. The van der Waals surface area contributed by atoms with E-state index in [-0.39, 0.29) is 18.9 Å². The Balaban J connectivity index is 1.68. The fourth-order valence-electron chi connectivity index (χ4n) is 4.86. The monoisotopic (exact) mass is 477 g/mol. The Kier molecular flexibility index (Phi) is 4.95. The molecule has 3 aliphatic heterocycles. The molecule has 0 amide bonds. The number of halogens is 1. The van der Waals surface area contributed by atoms with Gasteiger partial charge in [-0.15, -0.1) is 0 Å². The summed E-state index contributed by atoms with van der Waals surface area (Å²) in [7, 11) is 7.10. The van der Waals surface area contributed by atoms with Crippen molar-refractivity contribution >= 4 is 15.9 Å². The molecule has 3 heterocycles. The Morgan fingerprint density at radius 3 is 2.50 bits per heavy atom. The van der Waals surface area contributed by atoms with Crippen molar-refractivity contribution < 1.29 is 28.4 Å². The lowest BCUT2D eigenvalue weighted by Gasteiger charge is -2.39. The van der Waals surface area contributed by atoms with Gasteiger partial charge < -0.3 is 28.4 Å². The highest BCUT2D eigenvalue weighted by Gasteiger charge is 2.43. The van der Waals surface area contributed by atoms with Crippen LogP contribution in [0.15, 0.2) is 16.6 Å². The quantitative estimate of drug-likeness (QED) is 0.659. The highest BCUT2D eigenvalue weighted by atomic mass is 79.9. The Bertz CT molecular complexity index is 1010. The zero-order chi connectivity index (χ0) is 21.0. The van der Waals surface area contributed by atoms with Gasteiger partial charge in [-0.1, -0.05) is 6.07 Å². The molecule has 0 spiro atoms. The van der Waals surface area contributed by atoms with Gasteiger partial charge in [0.2, 0.25) is 12.5 Å². The Labute approximate surface area is 183 Å².